The van der Waals surface area contributed by atoms with Gasteiger partial charge < -0.3 is 37.6 Å². The van der Waals surface area contributed by atoms with Crippen LogP contribution in [0.2, 0.25) is 0 Å². The van der Waals surface area contributed by atoms with Crippen LogP contribution in [-0.4, -0.2) is 49.5 Å². The fourth-order valence-corrected chi connectivity index (χ4v) is 3.24. The summed E-state index contributed by atoms with van der Waals surface area (Å²) in [4.78, 5) is 13.5. The molecular formula is C22H24O9. The summed E-state index contributed by atoms with van der Waals surface area (Å²) >= 11 is 0. The summed E-state index contributed by atoms with van der Waals surface area (Å²) in [6.07, 6.45) is 0. The van der Waals surface area contributed by atoms with Crippen molar-refractivity contribution in [1.29, 1.82) is 0 Å². The largest absolute Gasteiger partial charge is 0.497 e. The van der Waals surface area contributed by atoms with Crippen LogP contribution in [0.5, 0.6) is 34.5 Å². The van der Waals surface area contributed by atoms with E-state index in [2.05, 4.69) is 0 Å². The lowest BCUT2D eigenvalue weighted by Gasteiger charge is -2.19. The highest BCUT2D eigenvalue weighted by Gasteiger charge is 2.30. The zero-order chi connectivity index (χ0) is 22.5. The number of rotatable bonds is 9. The first-order valence-corrected chi connectivity index (χ1v) is 9.19. The molecule has 0 radical (unpaired) electrons. The average Bonchev–Trinajstić information content (AvgIpc) is 2.81. The van der Waals surface area contributed by atoms with Gasteiger partial charge in [-0.05, 0) is 24.3 Å². The highest BCUT2D eigenvalue weighted by Crippen LogP contribution is 2.51. The first kappa shape index (κ1) is 22.1. The summed E-state index contributed by atoms with van der Waals surface area (Å²) in [5.41, 5.74) is 0.267. The van der Waals surface area contributed by atoms with Gasteiger partial charge in [0.1, 0.15) is 11.1 Å². The maximum atomic E-state index is 13.5. The van der Waals surface area contributed by atoms with Gasteiger partial charge in [0.15, 0.2) is 23.9 Å². The predicted molar refractivity (Wildman–Crippen MR) is 113 cm³/mol. The van der Waals surface area contributed by atoms with Crippen molar-refractivity contribution < 1.29 is 37.6 Å². The van der Waals surface area contributed by atoms with Gasteiger partial charge in [-0.15, -0.1) is 0 Å². The quantitative estimate of drug-likeness (QED) is 0.471. The van der Waals surface area contributed by atoms with E-state index >= 15 is 0 Å². The molecule has 3 rings (SSSR count). The second-order valence-corrected chi connectivity index (χ2v) is 6.21. The molecule has 166 valence electrons. The highest BCUT2D eigenvalue weighted by atomic mass is 16.7. The van der Waals surface area contributed by atoms with Gasteiger partial charge in [0.25, 0.3) is 0 Å². The van der Waals surface area contributed by atoms with Crippen LogP contribution in [0.4, 0.5) is 0 Å². The molecule has 0 saturated carbocycles. The van der Waals surface area contributed by atoms with Crippen LogP contribution in [0.1, 0.15) is 0 Å². The molecule has 0 aliphatic carbocycles. The molecule has 0 aliphatic heterocycles. The smallest absolute Gasteiger partial charge is 0.239 e. The number of fused-ring (bicyclic) bond motifs is 1. The Morgan fingerprint density at radius 1 is 0.710 bits per heavy atom. The van der Waals surface area contributed by atoms with E-state index in [-0.39, 0.29) is 52.3 Å². The van der Waals surface area contributed by atoms with Crippen molar-refractivity contribution in [3.63, 3.8) is 0 Å². The average molecular weight is 432 g/mol. The molecule has 9 heteroatoms. The molecule has 0 saturated heterocycles. The Morgan fingerprint density at radius 2 is 1.32 bits per heavy atom. The summed E-state index contributed by atoms with van der Waals surface area (Å²) in [5.74, 6) is 1.49. The molecule has 1 aromatic heterocycles. The molecule has 0 bridgehead atoms. The van der Waals surface area contributed by atoms with Crippen molar-refractivity contribution >= 4 is 11.0 Å². The highest BCUT2D eigenvalue weighted by molar-refractivity contribution is 5.96. The van der Waals surface area contributed by atoms with Crippen molar-refractivity contribution in [2.75, 3.05) is 49.5 Å². The molecule has 2 aromatic carbocycles. The summed E-state index contributed by atoms with van der Waals surface area (Å²) in [5, 5.41) is 0.0837. The van der Waals surface area contributed by atoms with Crippen molar-refractivity contribution in [2.24, 2.45) is 0 Å². The molecular weight excluding hydrogens is 408 g/mol. The van der Waals surface area contributed by atoms with Gasteiger partial charge in [0, 0.05) is 12.7 Å². The van der Waals surface area contributed by atoms with E-state index in [1.54, 1.807) is 31.4 Å². The van der Waals surface area contributed by atoms with Crippen molar-refractivity contribution in [1.82, 2.24) is 0 Å². The lowest BCUT2D eigenvalue weighted by Crippen LogP contribution is -2.12. The summed E-state index contributed by atoms with van der Waals surface area (Å²) in [7, 11) is 8.70. The van der Waals surface area contributed by atoms with E-state index in [1.165, 1.54) is 35.5 Å². The molecule has 0 fully saturated rings. The van der Waals surface area contributed by atoms with Crippen LogP contribution in [0.15, 0.2) is 33.5 Å². The lowest BCUT2D eigenvalue weighted by molar-refractivity contribution is 0.0470. The Morgan fingerprint density at radius 3 is 1.84 bits per heavy atom. The fourth-order valence-electron chi connectivity index (χ4n) is 3.24. The number of hydrogen-bond donors (Lipinski definition) is 0. The molecule has 0 unspecified atom stereocenters. The Kier molecular flexibility index (Phi) is 6.76. The van der Waals surface area contributed by atoms with E-state index in [9.17, 15) is 4.79 Å². The summed E-state index contributed by atoms with van der Waals surface area (Å²) in [6.45, 7) is -0.103. The lowest BCUT2D eigenvalue weighted by atomic mass is 10.1. The van der Waals surface area contributed by atoms with E-state index in [0.717, 1.165) is 0 Å². The van der Waals surface area contributed by atoms with E-state index < -0.39 is 5.43 Å². The molecule has 0 spiro atoms. The minimum absolute atomic E-state index is 0.000813. The number of methoxy groups -OCH3 is 6. The fraction of sp³-hybridized carbons (Fsp3) is 0.318. The topological polar surface area (TPSA) is 94.8 Å². The van der Waals surface area contributed by atoms with Crippen molar-refractivity contribution in [3.05, 3.63) is 34.5 Å². The van der Waals surface area contributed by atoms with Gasteiger partial charge in [-0.1, -0.05) is 0 Å². The van der Waals surface area contributed by atoms with Gasteiger partial charge >= 0.3 is 0 Å². The molecule has 0 atom stereocenters. The molecule has 0 N–H and O–H groups in total. The minimum Gasteiger partial charge on any atom is -0.497 e. The second-order valence-electron chi connectivity index (χ2n) is 6.21. The zero-order valence-electron chi connectivity index (χ0n) is 18.2. The van der Waals surface area contributed by atoms with Gasteiger partial charge in [-0.3, -0.25) is 4.79 Å². The molecule has 3 aromatic rings. The van der Waals surface area contributed by atoms with Gasteiger partial charge in [0.05, 0.1) is 35.5 Å². The maximum absolute atomic E-state index is 13.5. The SMILES string of the molecule is COCOc1c(OC)c(OC)c2oc(-c3ccc(OC)cc3)c(OC)c(=O)c2c1OC. The van der Waals surface area contributed by atoms with Crippen LogP contribution < -0.4 is 33.8 Å². The van der Waals surface area contributed by atoms with E-state index in [4.69, 9.17) is 37.6 Å². The number of benzene rings is 2. The number of hydrogen-bond acceptors (Lipinski definition) is 9. The first-order chi connectivity index (χ1) is 15.1. The third kappa shape index (κ3) is 3.79. The predicted octanol–water partition coefficient (Wildman–Crippen LogP) is 3.49. The maximum Gasteiger partial charge on any atom is 0.239 e. The van der Waals surface area contributed by atoms with Crippen LogP contribution in [0.25, 0.3) is 22.3 Å². The molecule has 31 heavy (non-hydrogen) atoms. The van der Waals surface area contributed by atoms with Gasteiger partial charge in [0.2, 0.25) is 28.4 Å². The summed E-state index contributed by atoms with van der Waals surface area (Å²) < 4.78 is 43.9. The van der Waals surface area contributed by atoms with Gasteiger partial charge in [-0.25, -0.2) is 0 Å². The van der Waals surface area contributed by atoms with Crippen LogP contribution in [0, 0.1) is 0 Å². The second kappa shape index (κ2) is 9.48. The molecule has 0 amide bonds. The number of ether oxygens (including phenoxy) is 7. The van der Waals surface area contributed by atoms with E-state index in [1.807, 2.05) is 0 Å². The molecule has 9 nitrogen and oxygen atoms in total. The Hall–Kier alpha value is -3.59. The molecule has 1 heterocycles. The first-order valence-electron chi connectivity index (χ1n) is 9.19. The normalized spacial score (nSPS) is 10.6. The van der Waals surface area contributed by atoms with Gasteiger partial charge in [-0.2, -0.15) is 0 Å². The summed E-state index contributed by atoms with van der Waals surface area (Å²) in [6, 6.07) is 7.00. The Bertz CT molecular complexity index is 1120. The zero-order valence-corrected chi connectivity index (χ0v) is 18.2. The third-order valence-corrected chi connectivity index (χ3v) is 4.61. The van der Waals surface area contributed by atoms with Crippen LogP contribution >= 0.6 is 0 Å². The Balaban J connectivity index is 2.44. The minimum atomic E-state index is -0.463. The standard InChI is InChI=1S/C22H24O9/c1-24-11-30-22-17(26-3)14-15(23)19(27-4)16(12-7-9-13(25-2)10-8-12)31-18(14)20(28-5)21(22)29-6/h7-10H,11H2,1-6H3. The third-order valence-electron chi connectivity index (χ3n) is 4.61. The van der Waals surface area contributed by atoms with E-state index in [0.29, 0.717) is 11.3 Å². The molecule has 0 aliphatic rings. The van der Waals surface area contributed by atoms with Crippen molar-refractivity contribution in [3.8, 4) is 45.8 Å². The van der Waals surface area contributed by atoms with Crippen molar-refractivity contribution in [2.45, 2.75) is 0 Å². The monoisotopic (exact) mass is 432 g/mol. The Labute approximate surface area is 178 Å². The van der Waals surface area contributed by atoms with Crippen LogP contribution in [0.3, 0.4) is 0 Å². The van der Waals surface area contributed by atoms with Crippen LogP contribution in [-0.2, 0) is 4.74 Å².